The number of ketones is 1. The molecule has 1 atom stereocenters. The Balaban J connectivity index is 2.06. The van der Waals surface area contributed by atoms with Gasteiger partial charge in [0.05, 0.1) is 8.66 Å². The summed E-state index contributed by atoms with van der Waals surface area (Å²) in [6.07, 6.45) is -0.146. The van der Waals surface area contributed by atoms with Gasteiger partial charge in [-0.2, -0.15) is 0 Å². The number of halogens is 1. The number of ether oxygens (including phenoxy) is 1. The monoisotopic (exact) mass is 423 g/mol. The molecule has 0 aliphatic heterocycles. The van der Waals surface area contributed by atoms with Crippen LogP contribution in [0.25, 0.3) is 0 Å². The molecular weight excluding hydrogens is 402 g/mol. The van der Waals surface area contributed by atoms with E-state index < -0.39 is 11.7 Å². The van der Waals surface area contributed by atoms with Crippen molar-refractivity contribution in [1.82, 2.24) is 5.32 Å². The molecule has 0 aliphatic rings. The second-order valence-corrected chi connectivity index (χ2v) is 9.18. The number of nitrogens with one attached hydrogen (secondary N) is 1. The van der Waals surface area contributed by atoms with E-state index in [1.54, 1.807) is 0 Å². The Bertz CT molecular complexity index is 722. The summed E-state index contributed by atoms with van der Waals surface area (Å²) in [6, 6.07) is 13.4. The van der Waals surface area contributed by atoms with Gasteiger partial charge in [-0.3, -0.25) is 4.79 Å². The van der Waals surface area contributed by atoms with E-state index in [0.29, 0.717) is 17.8 Å². The minimum atomic E-state index is -0.550. The van der Waals surface area contributed by atoms with Crippen molar-refractivity contribution in [3.63, 3.8) is 0 Å². The molecule has 0 aliphatic carbocycles. The molecule has 0 fully saturated rings. The molecule has 2 rings (SSSR count). The Kier molecular flexibility index (Phi) is 6.79. The van der Waals surface area contributed by atoms with E-state index in [4.69, 9.17) is 4.74 Å². The Morgan fingerprint density at radius 2 is 1.84 bits per heavy atom. The van der Waals surface area contributed by atoms with Crippen molar-refractivity contribution in [3.8, 4) is 0 Å². The number of rotatable bonds is 6. The van der Waals surface area contributed by atoms with Crippen LogP contribution in [0.15, 0.2) is 46.3 Å². The quantitative estimate of drug-likeness (QED) is 0.633. The highest BCUT2D eigenvalue weighted by Crippen LogP contribution is 2.27. The molecular formula is C19H22BrNO3S. The smallest absolute Gasteiger partial charge is 0.407 e. The highest BCUT2D eigenvalue weighted by molar-refractivity contribution is 9.11. The lowest BCUT2D eigenvalue weighted by Crippen LogP contribution is -2.35. The van der Waals surface area contributed by atoms with Gasteiger partial charge in [0.2, 0.25) is 0 Å². The zero-order chi connectivity index (χ0) is 18.4. The molecule has 25 heavy (non-hydrogen) atoms. The van der Waals surface area contributed by atoms with Crippen LogP contribution in [0.1, 0.15) is 48.3 Å². The molecule has 1 unspecified atom stereocenters. The molecule has 1 heterocycles. The van der Waals surface area contributed by atoms with Gasteiger partial charge in [-0.05, 0) is 54.4 Å². The van der Waals surface area contributed by atoms with Gasteiger partial charge in [0.1, 0.15) is 5.60 Å². The fourth-order valence-electron chi connectivity index (χ4n) is 2.34. The zero-order valence-electron chi connectivity index (χ0n) is 14.5. The van der Waals surface area contributed by atoms with Crippen molar-refractivity contribution in [2.45, 2.75) is 38.7 Å². The van der Waals surface area contributed by atoms with Gasteiger partial charge in [-0.15, -0.1) is 11.3 Å². The normalized spacial score (nSPS) is 12.5. The molecule has 134 valence electrons. The maximum absolute atomic E-state index is 12.6. The summed E-state index contributed by atoms with van der Waals surface area (Å²) >= 11 is 4.80. The van der Waals surface area contributed by atoms with E-state index in [-0.39, 0.29) is 11.7 Å². The molecule has 0 radical (unpaired) electrons. The number of thiophene rings is 1. The largest absolute Gasteiger partial charge is 0.444 e. The van der Waals surface area contributed by atoms with Crippen LogP contribution in [0.2, 0.25) is 0 Å². The molecule has 0 bridgehead atoms. The Labute approximate surface area is 160 Å². The number of Topliss-reactive ketones (excluding diaryl/α,β-unsaturated/α-hetero) is 1. The molecule has 1 amide bonds. The number of alkyl carbamates (subject to hydrolysis) is 1. The number of carbonyl (C=O) groups excluding carboxylic acids is 2. The standard InChI is InChI=1S/C19H22BrNO3S/c1-19(2,3)24-18(23)21-12-14(13-7-5-4-6-8-13)11-15(22)16-9-10-17(20)25-16/h4-10,14H,11-12H2,1-3H3,(H,21,23). The second-order valence-electron chi connectivity index (χ2n) is 6.72. The van der Waals surface area contributed by atoms with Crippen LogP contribution in [0.5, 0.6) is 0 Å². The predicted molar refractivity (Wildman–Crippen MR) is 104 cm³/mol. The Morgan fingerprint density at radius 3 is 2.40 bits per heavy atom. The fraction of sp³-hybridized carbons (Fsp3) is 0.368. The van der Waals surface area contributed by atoms with E-state index >= 15 is 0 Å². The average molecular weight is 424 g/mol. The first-order chi connectivity index (χ1) is 11.7. The van der Waals surface area contributed by atoms with Crippen LogP contribution in [0, 0.1) is 0 Å². The fourth-order valence-corrected chi connectivity index (χ4v) is 3.68. The third kappa shape index (κ3) is 6.63. The first kappa shape index (κ1) is 19.7. The topological polar surface area (TPSA) is 55.4 Å². The van der Waals surface area contributed by atoms with E-state index in [9.17, 15) is 9.59 Å². The van der Waals surface area contributed by atoms with Crippen LogP contribution in [-0.2, 0) is 4.74 Å². The summed E-state index contributed by atoms with van der Waals surface area (Å²) in [5.74, 6) is -0.0439. The lowest BCUT2D eigenvalue weighted by atomic mass is 9.93. The average Bonchev–Trinajstić information content (AvgIpc) is 2.97. The van der Waals surface area contributed by atoms with Gasteiger partial charge in [0.25, 0.3) is 0 Å². The molecule has 0 saturated heterocycles. The van der Waals surface area contributed by atoms with E-state index in [2.05, 4.69) is 21.2 Å². The Hall–Kier alpha value is -1.66. The maximum Gasteiger partial charge on any atom is 0.407 e. The molecule has 1 N–H and O–H groups in total. The van der Waals surface area contributed by atoms with Crippen molar-refractivity contribution in [1.29, 1.82) is 0 Å². The van der Waals surface area contributed by atoms with Crippen LogP contribution in [0.3, 0.4) is 0 Å². The predicted octanol–water partition coefficient (Wildman–Crippen LogP) is 5.39. The summed E-state index contributed by atoms with van der Waals surface area (Å²) < 4.78 is 6.21. The van der Waals surface area contributed by atoms with Gasteiger partial charge in [0, 0.05) is 18.9 Å². The zero-order valence-corrected chi connectivity index (χ0v) is 16.9. The minimum absolute atomic E-state index is 0.0653. The highest BCUT2D eigenvalue weighted by Gasteiger charge is 2.21. The van der Waals surface area contributed by atoms with Crippen LogP contribution >= 0.6 is 27.3 Å². The van der Waals surface area contributed by atoms with Gasteiger partial charge < -0.3 is 10.1 Å². The summed E-state index contributed by atoms with van der Waals surface area (Å²) in [5, 5.41) is 2.78. The number of benzene rings is 1. The molecule has 0 saturated carbocycles. The lowest BCUT2D eigenvalue weighted by Gasteiger charge is -2.22. The SMILES string of the molecule is CC(C)(C)OC(=O)NCC(CC(=O)c1ccc(Br)s1)c1ccccc1. The third-order valence-corrected chi connectivity index (χ3v) is 5.11. The van der Waals surface area contributed by atoms with Gasteiger partial charge in [-0.25, -0.2) is 4.79 Å². The van der Waals surface area contributed by atoms with E-state index in [1.807, 2.05) is 63.2 Å². The molecule has 1 aromatic carbocycles. The first-order valence-corrected chi connectivity index (χ1v) is 9.66. The third-order valence-electron chi connectivity index (χ3n) is 3.44. The maximum atomic E-state index is 12.6. The van der Waals surface area contributed by atoms with Crippen molar-refractivity contribution in [3.05, 3.63) is 56.7 Å². The van der Waals surface area contributed by atoms with Gasteiger partial charge in [-0.1, -0.05) is 30.3 Å². The molecule has 0 spiro atoms. The molecule has 2 aromatic rings. The van der Waals surface area contributed by atoms with Crippen molar-refractivity contribution in [2.24, 2.45) is 0 Å². The van der Waals surface area contributed by atoms with Crippen molar-refractivity contribution < 1.29 is 14.3 Å². The van der Waals surface area contributed by atoms with Gasteiger partial charge >= 0.3 is 6.09 Å². The van der Waals surface area contributed by atoms with Crippen LogP contribution in [0.4, 0.5) is 4.79 Å². The summed E-state index contributed by atoms with van der Waals surface area (Å²) in [4.78, 5) is 25.2. The minimum Gasteiger partial charge on any atom is -0.444 e. The summed E-state index contributed by atoms with van der Waals surface area (Å²) in [5.41, 5.74) is 0.466. The first-order valence-electron chi connectivity index (χ1n) is 8.05. The summed E-state index contributed by atoms with van der Waals surface area (Å²) in [7, 11) is 0. The van der Waals surface area contributed by atoms with Crippen molar-refractivity contribution in [2.75, 3.05) is 6.54 Å². The lowest BCUT2D eigenvalue weighted by molar-refractivity contribution is 0.0522. The summed E-state index contributed by atoms with van der Waals surface area (Å²) in [6.45, 7) is 5.80. The van der Waals surface area contributed by atoms with E-state index in [0.717, 1.165) is 9.35 Å². The second kappa shape index (κ2) is 8.63. The number of carbonyl (C=O) groups is 2. The van der Waals surface area contributed by atoms with Crippen LogP contribution < -0.4 is 5.32 Å². The number of hydrogen-bond acceptors (Lipinski definition) is 4. The molecule has 6 heteroatoms. The number of hydrogen-bond donors (Lipinski definition) is 1. The Morgan fingerprint density at radius 1 is 1.16 bits per heavy atom. The highest BCUT2D eigenvalue weighted by atomic mass is 79.9. The molecule has 4 nitrogen and oxygen atoms in total. The van der Waals surface area contributed by atoms with Gasteiger partial charge in [0.15, 0.2) is 5.78 Å². The van der Waals surface area contributed by atoms with E-state index in [1.165, 1.54) is 11.3 Å². The molecule has 1 aromatic heterocycles. The van der Waals surface area contributed by atoms with Crippen LogP contribution in [-0.4, -0.2) is 24.0 Å². The number of amides is 1. The van der Waals surface area contributed by atoms with Crippen molar-refractivity contribution >= 4 is 39.1 Å².